The second-order valence-corrected chi connectivity index (χ2v) is 11.7. The van der Waals surface area contributed by atoms with Crippen LogP contribution in [0.4, 0.5) is 18.0 Å². The third-order valence-corrected chi connectivity index (χ3v) is 6.80. The number of carbonyl (C=O) groups excluding carboxylic acids is 2. The lowest BCUT2D eigenvalue weighted by Crippen LogP contribution is -2.62. The van der Waals surface area contributed by atoms with Crippen molar-refractivity contribution in [2.75, 3.05) is 13.1 Å². The van der Waals surface area contributed by atoms with Gasteiger partial charge in [-0.15, -0.1) is 0 Å². The van der Waals surface area contributed by atoms with Gasteiger partial charge in [0.1, 0.15) is 11.7 Å². The molecule has 5 atom stereocenters. The summed E-state index contributed by atoms with van der Waals surface area (Å²) in [6, 6.07) is 15.6. The Hall–Kier alpha value is -3.19. The van der Waals surface area contributed by atoms with E-state index in [-0.39, 0.29) is 25.9 Å². The van der Waals surface area contributed by atoms with Crippen LogP contribution in [0.3, 0.4) is 0 Å². The van der Waals surface area contributed by atoms with Crippen LogP contribution in [-0.2, 0) is 17.6 Å². The van der Waals surface area contributed by atoms with Crippen molar-refractivity contribution >= 4 is 12.0 Å². The lowest BCUT2D eigenvalue weighted by atomic mass is 9.94. The summed E-state index contributed by atoms with van der Waals surface area (Å²) in [5, 5.41) is 49.6. The number of nitrogens with zero attached hydrogens (tertiary/aromatic N) is 1. The molecule has 5 N–H and O–H groups in total. The second-order valence-electron chi connectivity index (χ2n) is 11.7. The fourth-order valence-electron chi connectivity index (χ4n) is 4.76. The molecule has 234 valence electrons. The van der Waals surface area contributed by atoms with Gasteiger partial charge in [0.25, 0.3) is 5.91 Å². The molecule has 2 aromatic rings. The predicted octanol–water partition coefficient (Wildman–Crippen LogP) is 1.78. The zero-order valence-electron chi connectivity index (χ0n) is 24.3. The van der Waals surface area contributed by atoms with Gasteiger partial charge < -0.3 is 40.8 Å². The van der Waals surface area contributed by atoms with Crippen molar-refractivity contribution in [3.63, 3.8) is 0 Å². The number of aliphatic hydroxyl groups is 3. The Balaban J connectivity index is 2.18. The summed E-state index contributed by atoms with van der Waals surface area (Å²) >= 11 is 0. The highest BCUT2D eigenvalue weighted by Crippen LogP contribution is 2.28. The topological polar surface area (TPSA) is 145 Å². The third kappa shape index (κ3) is 11.2. The molecule has 2 rings (SSSR count). The highest BCUT2D eigenvalue weighted by Gasteiger charge is 2.44. The van der Waals surface area contributed by atoms with Crippen molar-refractivity contribution < 1.29 is 43.2 Å². The molecular formula is C30H41F3N3O6-. The number of nitrogens with one attached hydrogen (secondary N) is 2. The van der Waals surface area contributed by atoms with E-state index in [1.54, 1.807) is 75.4 Å². The number of halogens is 3. The quantitative estimate of drug-likeness (QED) is 0.224. The van der Waals surface area contributed by atoms with Crippen LogP contribution < -0.4 is 15.7 Å². The molecule has 42 heavy (non-hydrogen) atoms. The SMILES string of the molecule is CC(O)(CC(F)(F)F)C(=O)N[C@@H](Cc1ccccc1)[C@H](O)CNC[C@@H](O)[C@H](Cc1ccccc1)N(C(=O)[O-])C(C)(C)C. The molecule has 0 spiro atoms. The van der Waals surface area contributed by atoms with Crippen molar-refractivity contribution in [2.24, 2.45) is 0 Å². The predicted molar refractivity (Wildman–Crippen MR) is 149 cm³/mol. The van der Waals surface area contributed by atoms with Gasteiger partial charge in [0, 0.05) is 18.6 Å². The van der Waals surface area contributed by atoms with Crippen molar-refractivity contribution in [3.05, 3.63) is 71.8 Å². The van der Waals surface area contributed by atoms with E-state index in [0.29, 0.717) is 5.56 Å². The van der Waals surface area contributed by atoms with Crippen molar-refractivity contribution in [3.8, 4) is 0 Å². The highest BCUT2D eigenvalue weighted by atomic mass is 19.4. The van der Waals surface area contributed by atoms with E-state index in [4.69, 9.17) is 0 Å². The van der Waals surface area contributed by atoms with Gasteiger partial charge in [0.15, 0.2) is 0 Å². The first-order valence-corrected chi connectivity index (χ1v) is 13.7. The van der Waals surface area contributed by atoms with Crippen LogP contribution in [0.15, 0.2) is 60.7 Å². The Morgan fingerprint density at radius 3 is 1.79 bits per heavy atom. The van der Waals surface area contributed by atoms with E-state index in [1.165, 1.54) is 0 Å². The van der Waals surface area contributed by atoms with Crippen LogP contribution in [0, 0.1) is 0 Å². The minimum absolute atomic E-state index is 0.0409. The summed E-state index contributed by atoms with van der Waals surface area (Å²) in [7, 11) is 0. The monoisotopic (exact) mass is 596 g/mol. The Morgan fingerprint density at radius 1 is 0.857 bits per heavy atom. The summed E-state index contributed by atoms with van der Waals surface area (Å²) in [5.74, 6) is -1.29. The molecule has 0 aliphatic carbocycles. The van der Waals surface area contributed by atoms with E-state index in [1.807, 2.05) is 6.07 Å². The molecule has 0 fully saturated rings. The minimum atomic E-state index is -4.80. The molecule has 2 aromatic carbocycles. The average Bonchev–Trinajstić information content (AvgIpc) is 2.86. The lowest BCUT2D eigenvalue weighted by Gasteiger charge is -2.45. The number of aliphatic hydroxyl groups excluding tert-OH is 2. The number of hydrogen-bond acceptors (Lipinski definition) is 7. The number of hydrogen-bond donors (Lipinski definition) is 5. The van der Waals surface area contributed by atoms with Crippen LogP contribution in [0.5, 0.6) is 0 Å². The summed E-state index contributed by atoms with van der Waals surface area (Å²) in [6.07, 6.45) is -10.4. The molecule has 0 aromatic heterocycles. The zero-order valence-corrected chi connectivity index (χ0v) is 24.3. The third-order valence-electron chi connectivity index (χ3n) is 6.80. The maximum Gasteiger partial charge on any atom is 0.392 e. The summed E-state index contributed by atoms with van der Waals surface area (Å²) in [6.45, 7) is 5.41. The summed E-state index contributed by atoms with van der Waals surface area (Å²) in [4.78, 5) is 25.8. The first kappa shape index (κ1) is 35.0. The Kier molecular flexibility index (Phi) is 12.3. The molecule has 1 unspecified atom stereocenters. The van der Waals surface area contributed by atoms with E-state index >= 15 is 0 Å². The lowest BCUT2D eigenvalue weighted by molar-refractivity contribution is -0.275. The van der Waals surface area contributed by atoms with Gasteiger partial charge in [-0.1, -0.05) is 60.7 Å². The van der Waals surface area contributed by atoms with E-state index in [0.717, 1.165) is 17.4 Å². The molecule has 12 heteroatoms. The standard InChI is InChI=1S/C30H42F3N3O6/c1-28(2,3)36(27(40)41)23(16-21-13-9-6-10-14-21)25(38)18-34-17-24(37)22(15-20-11-7-5-8-12-20)35-26(39)29(4,42)19-30(31,32)33/h5-14,22-25,34,37-38,42H,15-19H2,1-4H3,(H,35,39)(H,40,41)/p-1/t22-,23-,24+,25+,29?/m0/s1. The first-order chi connectivity index (χ1) is 19.4. The molecule has 2 amide bonds. The number of carboxylic acid groups (broad SMARTS) is 1. The van der Waals surface area contributed by atoms with Crippen LogP contribution in [0.25, 0.3) is 0 Å². The normalized spacial score (nSPS) is 16.5. The molecule has 0 saturated heterocycles. The molecule has 0 aliphatic rings. The maximum atomic E-state index is 12.9. The molecule has 0 heterocycles. The largest absolute Gasteiger partial charge is 0.530 e. The highest BCUT2D eigenvalue weighted by molar-refractivity contribution is 5.84. The van der Waals surface area contributed by atoms with Crippen molar-refractivity contribution in [1.29, 1.82) is 0 Å². The summed E-state index contributed by atoms with van der Waals surface area (Å²) in [5.41, 5.74) is -2.21. The molecule has 0 radical (unpaired) electrons. The zero-order chi connectivity index (χ0) is 31.7. The Labute approximate surface area is 244 Å². The molecule has 9 nitrogen and oxygen atoms in total. The van der Waals surface area contributed by atoms with Crippen molar-refractivity contribution in [1.82, 2.24) is 15.5 Å². The van der Waals surface area contributed by atoms with Gasteiger partial charge in [0.05, 0.1) is 30.7 Å². The number of carbonyl (C=O) groups is 2. The Bertz CT molecular complexity index is 1130. The van der Waals surface area contributed by atoms with Crippen molar-refractivity contribution in [2.45, 2.75) is 88.6 Å². The van der Waals surface area contributed by atoms with Gasteiger partial charge >= 0.3 is 6.18 Å². The van der Waals surface area contributed by atoms with E-state index < -0.39 is 60.0 Å². The van der Waals surface area contributed by atoms with Gasteiger partial charge in [-0.25, -0.2) is 0 Å². The molecule has 0 saturated carbocycles. The summed E-state index contributed by atoms with van der Waals surface area (Å²) < 4.78 is 38.7. The molecular weight excluding hydrogens is 555 g/mol. The fourth-order valence-corrected chi connectivity index (χ4v) is 4.76. The van der Waals surface area contributed by atoms with E-state index in [9.17, 15) is 43.2 Å². The van der Waals surface area contributed by atoms with Gasteiger partial charge in [-0.3, -0.25) is 4.79 Å². The van der Waals surface area contributed by atoms with Gasteiger partial charge in [-0.2, -0.15) is 13.2 Å². The van der Waals surface area contributed by atoms with Crippen LogP contribution in [0.1, 0.15) is 45.2 Å². The molecule has 0 aliphatic heterocycles. The van der Waals surface area contributed by atoms with E-state index in [2.05, 4.69) is 10.6 Å². The smallest absolute Gasteiger partial charge is 0.392 e. The van der Waals surface area contributed by atoms with Crippen LogP contribution in [0.2, 0.25) is 0 Å². The van der Waals surface area contributed by atoms with Crippen LogP contribution in [-0.4, -0.2) is 86.9 Å². The van der Waals surface area contributed by atoms with Gasteiger partial charge in [-0.05, 0) is 51.7 Å². The van der Waals surface area contributed by atoms with Crippen LogP contribution >= 0.6 is 0 Å². The first-order valence-electron chi connectivity index (χ1n) is 13.7. The fraction of sp³-hybridized carbons (Fsp3) is 0.533. The Morgan fingerprint density at radius 2 is 1.33 bits per heavy atom. The maximum absolute atomic E-state index is 12.9. The van der Waals surface area contributed by atoms with Gasteiger partial charge in [0.2, 0.25) is 0 Å². The number of alkyl halides is 3. The number of amides is 2. The molecule has 0 bridgehead atoms. The minimum Gasteiger partial charge on any atom is -0.530 e. The second kappa shape index (κ2) is 14.8. The number of rotatable bonds is 14. The average molecular weight is 597 g/mol. The number of benzene rings is 2.